The third-order valence-electron chi connectivity index (χ3n) is 2.00. The van der Waals surface area contributed by atoms with Gasteiger partial charge in [0, 0.05) is 10.1 Å². The highest BCUT2D eigenvalue weighted by molar-refractivity contribution is 14.1. The van der Waals surface area contributed by atoms with Gasteiger partial charge in [-0.1, -0.05) is 11.6 Å². The van der Waals surface area contributed by atoms with E-state index >= 15 is 0 Å². The highest BCUT2D eigenvalue weighted by Gasteiger charge is 2.08. The van der Waals surface area contributed by atoms with E-state index in [-0.39, 0.29) is 6.01 Å². The van der Waals surface area contributed by atoms with Crippen LogP contribution in [0.15, 0.2) is 21.3 Å². The van der Waals surface area contributed by atoms with Gasteiger partial charge < -0.3 is 9.73 Å². The molecule has 4 nitrogen and oxygen atoms in total. The predicted octanol–water partition coefficient (Wildman–Crippen LogP) is 2.88. The molecule has 1 aromatic heterocycles. The third-order valence-corrected chi connectivity index (χ3v) is 3.52. The predicted molar refractivity (Wildman–Crippen MR) is 72.2 cm³/mol. The highest BCUT2D eigenvalue weighted by Crippen LogP contribution is 2.23. The summed E-state index contributed by atoms with van der Waals surface area (Å²) < 4.78 is 5.84. The molecule has 0 spiro atoms. The first-order valence-electron chi connectivity index (χ1n) is 4.65. The van der Waals surface area contributed by atoms with E-state index in [1.165, 1.54) is 0 Å². The zero-order valence-corrected chi connectivity index (χ0v) is 11.3. The van der Waals surface area contributed by atoms with Crippen LogP contribution in [0.3, 0.4) is 0 Å². The molecule has 0 aliphatic heterocycles. The minimum atomic E-state index is -0.431. The molecule has 84 valence electrons. The Balaban J connectivity index is 2.72. The minimum absolute atomic E-state index is 0.234. The molecular weight excluding hydrogens is 342 g/mol. The van der Waals surface area contributed by atoms with Gasteiger partial charge in [-0.25, -0.2) is 4.79 Å². The molecular formula is C10H8ClIN2O2. The lowest BCUT2D eigenvalue weighted by molar-refractivity contribution is 0.517. The van der Waals surface area contributed by atoms with Crippen LogP contribution < -0.4 is 10.9 Å². The lowest BCUT2D eigenvalue weighted by atomic mass is 10.2. The summed E-state index contributed by atoms with van der Waals surface area (Å²) in [5.41, 5.74) is 0.153. The maximum Gasteiger partial charge on any atom is 0.348 e. The zero-order chi connectivity index (χ0) is 11.7. The molecule has 0 fully saturated rings. The second-order valence-corrected chi connectivity index (χ2v) is 4.69. The van der Waals surface area contributed by atoms with Crippen molar-refractivity contribution in [2.24, 2.45) is 0 Å². The summed E-state index contributed by atoms with van der Waals surface area (Å²) in [6.07, 6.45) is 0. The summed E-state index contributed by atoms with van der Waals surface area (Å²) in [6.45, 7) is 2.55. The van der Waals surface area contributed by atoms with E-state index in [9.17, 15) is 4.79 Å². The van der Waals surface area contributed by atoms with Crippen LogP contribution >= 0.6 is 34.2 Å². The van der Waals surface area contributed by atoms with Crippen LogP contribution in [-0.4, -0.2) is 11.5 Å². The highest BCUT2D eigenvalue weighted by atomic mass is 127. The average molecular weight is 351 g/mol. The smallest absolute Gasteiger partial charge is 0.348 e. The number of hydrogen-bond acceptors (Lipinski definition) is 4. The van der Waals surface area contributed by atoms with Gasteiger partial charge in [0.25, 0.3) is 6.01 Å². The van der Waals surface area contributed by atoms with Crippen LogP contribution in [-0.2, 0) is 0 Å². The summed E-state index contributed by atoms with van der Waals surface area (Å²) in [4.78, 5) is 15.8. The Labute approximate surface area is 110 Å². The molecule has 6 heteroatoms. The summed E-state index contributed by atoms with van der Waals surface area (Å²) in [6, 6.07) is 3.57. The molecule has 2 aromatic rings. The van der Waals surface area contributed by atoms with Gasteiger partial charge in [-0.05, 0) is 41.6 Å². The summed E-state index contributed by atoms with van der Waals surface area (Å²) >= 11 is 8.02. The Hall–Kier alpha value is -0.820. The number of nitrogens with one attached hydrogen (secondary N) is 1. The molecule has 0 saturated heterocycles. The van der Waals surface area contributed by atoms with Crippen molar-refractivity contribution in [3.63, 3.8) is 0 Å². The first-order chi connectivity index (χ1) is 7.61. The van der Waals surface area contributed by atoms with Crippen LogP contribution in [0, 0.1) is 3.57 Å². The average Bonchev–Trinajstić information content (AvgIpc) is 2.22. The third kappa shape index (κ3) is 2.15. The fraction of sp³-hybridized carbons (Fsp3) is 0.200. The van der Waals surface area contributed by atoms with Crippen molar-refractivity contribution in [2.75, 3.05) is 11.9 Å². The first-order valence-corrected chi connectivity index (χ1v) is 6.11. The molecule has 0 amide bonds. The quantitative estimate of drug-likeness (QED) is 0.846. The molecule has 0 bridgehead atoms. The van der Waals surface area contributed by atoms with Gasteiger partial charge >= 0.3 is 5.63 Å². The second-order valence-electron chi connectivity index (χ2n) is 3.12. The van der Waals surface area contributed by atoms with E-state index in [0.29, 0.717) is 22.5 Å². The number of halogens is 2. The number of fused-ring (bicyclic) bond motifs is 1. The first kappa shape index (κ1) is 11.7. The Bertz CT molecular complexity index is 597. The van der Waals surface area contributed by atoms with E-state index in [0.717, 1.165) is 3.57 Å². The van der Waals surface area contributed by atoms with Crippen LogP contribution in [0.4, 0.5) is 6.01 Å². The molecule has 1 aromatic carbocycles. The molecule has 0 saturated carbocycles. The van der Waals surface area contributed by atoms with Crippen molar-refractivity contribution in [3.05, 3.63) is 31.1 Å². The SMILES string of the molecule is CCNc1nc2cc(I)c(Cl)cc2c(=O)o1. The van der Waals surface area contributed by atoms with Gasteiger partial charge in [-0.2, -0.15) is 4.98 Å². The summed E-state index contributed by atoms with van der Waals surface area (Å²) in [7, 11) is 0. The van der Waals surface area contributed by atoms with E-state index in [4.69, 9.17) is 16.0 Å². The van der Waals surface area contributed by atoms with Crippen molar-refractivity contribution in [2.45, 2.75) is 6.92 Å². The van der Waals surface area contributed by atoms with Crippen molar-refractivity contribution in [3.8, 4) is 0 Å². The zero-order valence-electron chi connectivity index (χ0n) is 8.38. The molecule has 1 N–H and O–H groups in total. The number of hydrogen-bond donors (Lipinski definition) is 1. The number of anilines is 1. The molecule has 0 aliphatic rings. The van der Waals surface area contributed by atoms with E-state index in [1.807, 2.05) is 6.92 Å². The Morgan fingerprint density at radius 1 is 1.56 bits per heavy atom. The van der Waals surface area contributed by atoms with E-state index < -0.39 is 5.63 Å². The van der Waals surface area contributed by atoms with Gasteiger partial charge in [-0.3, -0.25) is 0 Å². The van der Waals surface area contributed by atoms with Crippen LogP contribution in [0.2, 0.25) is 5.02 Å². The normalized spacial score (nSPS) is 10.7. The minimum Gasteiger partial charge on any atom is -0.389 e. The lowest BCUT2D eigenvalue weighted by Gasteiger charge is -2.03. The van der Waals surface area contributed by atoms with E-state index in [1.54, 1.807) is 12.1 Å². The van der Waals surface area contributed by atoms with Gasteiger partial charge in [-0.15, -0.1) is 0 Å². The lowest BCUT2D eigenvalue weighted by Crippen LogP contribution is -2.07. The molecule has 16 heavy (non-hydrogen) atoms. The monoisotopic (exact) mass is 350 g/mol. The van der Waals surface area contributed by atoms with E-state index in [2.05, 4.69) is 32.9 Å². The fourth-order valence-electron chi connectivity index (χ4n) is 1.29. The topological polar surface area (TPSA) is 55.1 Å². The number of aromatic nitrogens is 1. The maximum absolute atomic E-state index is 11.6. The van der Waals surface area contributed by atoms with Gasteiger partial charge in [0.1, 0.15) is 0 Å². The molecule has 0 atom stereocenters. The summed E-state index contributed by atoms with van der Waals surface area (Å²) in [5, 5.41) is 3.78. The molecule has 0 aliphatic carbocycles. The standard InChI is InChI=1S/C10H8ClIN2O2/c1-2-13-10-14-8-4-7(12)6(11)3-5(8)9(15)16-10/h3-4H,2H2,1H3,(H,13,14). The summed E-state index contributed by atoms with van der Waals surface area (Å²) in [5.74, 6) is 0. The van der Waals surface area contributed by atoms with Gasteiger partial charge in [0.05, 0.1) is 15.9 Å². The van der Waals surface area contributed by atoms with Crippen molar-refractivity contribution >= 4 is 51.1 Å². The number of nitrogens with zero attached hydrogens (tertiary/aromatic N) is 1. The maximum atomic E-state index is 11.6. The number of rotatable bonds is 2. The largest absolute Gasteiger partial charge is 0.389 e. The molecule has 1 heterocycles. The van der Waals surface area contributed by atoms with Gasteiger partial charge in [0.2, 0.25) is 0 Å². The fourth-order valence-corrected chi connectivity index (χ4v) is 1.91. The molecule has 2 rings (SSSR count). The Morgan fingerprint density at radius 2 is 2.31 bits per heavy atom. The molecule has 0 radical (unpaired) electrons. The Kier molecular flexibility index (Phi) is 3.34. The van der Waals surface area contributed by atoms with Crippen LogP contribution in [0.1, 0.15) is 6.92 Å². The van der Waals surface area contributed by atoms with Crippen molar-refractivity contribution < 1.29 is 4.42 Å². The van der Waals surface area contributed by atoms with Gasteiger partial charge in [0.15, 0.2) is 0 Å². The van der Waals surface area contributed by atoms with Crippen LogP contribution in [0.5, 0.6) is 0 Å². The molecule has 0 unspecified atom stereocenters. The number of benzene rings is 1. The van der Waals surface area contributed by atoms with Crippen molar-refractivity contribution in [1.82, 2.24) is 4.98 Å². The Morgan fingerprint density at radius 3 is 3.00 bits per heavy atom. The second kappa shape index (κ2) is 4.58. The van der Waals surface area contributed by atoms with Crippen molar-refractivity contribution in [1.29, 1.82) is 0 Å². The van der Waals surface area contributed by atoms with Crippen LogP contribution in [0.25, 0.3) is 10.9 Å².